The lowest BCUT2D eigenvalue weighted by atomic mass is 10.1. The Balaban J connectivity index is 0.00000192. The fraction of sp³-hybridized carbons (Fsp3) is 0.353. The summed E-state index contributed by atoms with van der Waals surface area (Å²) >= 11 is 1.37. The standard InChI is InChI=1S/C17H19NO3S.ClH/c1-2-21-17(20)16-15(19)13-11-18(9-8-14(13)22-16)10-12-6-4-3-5-7-12;/h3-7,19H,2,8-11H2,1H3;1H. The summed E-state index contributed by atoms with van der Waals surface area (Å²) in [6, 6.07) is 10.3. The van der Waals surface area contributed by atoms with E-state index in [1.165, 1.54) is 16.9 Å². The first-order valence-electron chi connectivity index (χ1n) is 7.46. The second-order valence-corrected chi connectivity index (χ2v) is 6.45. The van der Waals surface area contributed by atoms with Crippen molar-refractivity contribution in [3.05, 3.63) is 51.2 Å². The lowest BCUT2D eigenvalue weighted by Gasteiger charge is -2.26. The van der Waals surface area contributed by atoms with Gasteiger partial charge in [0.25, 0.3) is 0 Å². The van der Waals surface area contributed by atoms with Crippen molar-refractivity contribution in [3.8, 4) is 5.75 Å². The van der Waals surface area contributed by atoms with Crippen molar-refractivity contribution in [1.29, 1.82) is 0 Å². The SMILES string of the molecule is CCOC(=O)c1sc2c(c1O)CN(Cc1ccccc1)CC2.Cl. The van der Waals surface area contributed by atoms with E-state index in [0.717, 1.165) is 30.0 Å². The van der Waals surface area contributed by atoms with Gasteiger partial charge in [0.2, 0.25) is 0 Å². The number of carbonyl (C=O) groups excluding carboxylic acids is 1. The molecule has 6 heteroatoms. The van der Waals surface area contributed by atoms with Crippen LogP contribution in [0.15, 0.2) is 30.3 Å². The lowest BCUT2D eigenvalue weighted by molar-refractivity contribution is 0.0529. The average Bonchev–Trinajstić information content (AvgIpc) is 2.86. The van der Waals surface area contributed by atoms with Gasteiger partial charge in [0.05, 0.1) is 6.61 Å². The summed E-state index contributed by atoms with van der Waals surface area (Å²) in [6.07, 6.45) is 0.861. The van der Waals surface area contributed by atoms with Crippen LogP contribution in [0.1, 0.15) is 32.6 Å². The number of aromatic hydroxyl groups is 1. The topological polar surface area (TPSA) is 49.8 Å². The summed E-state index contributed by atoms with van der Waals surface area (Å²) in [5.74, 6) is -0.315. The summed E-state index contributed by atoms with van der Waals surface area (Å²) < 4.78 is 5.01. The molecule has 2 aromatic rings. The normalized spacial score (nSPS) is 14.0. The van der Waals surface area contributed by atoms with E-state index < -0.39 is 5.97 Å². The molecule has 0 saturated carbocycles. The average molecular weight is 354 g/mol. The van der Waals surface area contributed by atoms with Gasteiger partial charge < -0.3 is 9.84 Å². The van der Waals surface area contributed by atoms with Gasteiger partial charge >= 0.3 is 5.97 Å². The minimum absolute atomic E-state index is 0. The van der Waals surface area contributed by atoms with Gasteiger partial charge in [0, 0.05) is 30.1 Å². The number of nitrogens with zero attached hydrogens (tertiary/aromatic N) is 1. The van der Waals surface area contributed by atoms with E-state index in [4.69, 9.17) is 4.74 Å². The highest BCUT2D eigenvalue weighted by Crippen LogP contribution is 2.38. The summed E-state index contributed by atoms with van der Waals surface area (Å²) in [6.45, 7) is 4.55. The van der Waals surface area contributed by atoms with E-state index in [1.807, 2.05) is 18.2 Å². The van der Waals surface area contributed by atoms with Gasteiger partial charge in [-0.3, -0.25) is 4.90 Å². The number of hydrogen-bond acceptors (Lipinski definition) is 5. The summed E-state index contributed by atoms with van der Waals surface area (Å²) in [5, 5.41) is 10.3. The molecule has 3 rings (SSSR count). The molecule has 0 bridgehead atoms. The predicted molar refractivity (Wildman–Crippen MR) is 93.4 cm³/mol. The van der Waals surface area contributed by atoms with Gasteiger partial charge in [-0.05, 0) is 18.9 Å². The van der Waals surface area contributed by atoms with Gasteiger partial charge in [-0.25, -0.2) is 4.79 Å². The van der Waals surface area contributed by atoms with Gasteiger partial charge in [-0.1, -0.05) is 30.3 Å². The van der Waals surface area contributed by atoms with Crippen molar-refractivity contribution < 1.29 is 14.6 Å². The highest BCUT2D eigenvalue weighted by atomic mass is 35.5. The van der Waals surface area contributed by atoms with Gasteiger partial charge in [-0.15, -0.1) is 23.7 Å². The van der Waals surface area contributed by atoms with Crippen LogP contribution in [0.4, 0.5) is 0 Å². The Hall–Kier alpha value is -1.56. The number of esters is 1. The molecule has 23 heavy (non-hydrogen) atoms. The third-order valence-electron chi connectivity index (χ3n) is 3.81. The Labute approximate surface area is 146 Å². The number of benzene rings is 1. The second kappa shape index (κ2) is 7.81. The van der Waals surface area contributed by atoms with E-state index in [9.17, 15) is 9.90 Å². The first kappa shape index (κ1) is 17.8. The van der Waals surface area contributed by atoms with E-state index in [1.54, 1.807) is 6.92 Å². The Bertz CT molecular complexity index is 672. The number of rotatable bonds is 4. The molecule has 0 amide bonds. The zero-order valence-corrected chi connectivity index (χ0v) is 14.6. The Kier molecular flexibility index (Phi) is 6.04. The Morgan fingerprint density at radius 1 is 1.35 bits per heavy atom. The van der Waals surface area contributed by atoms with Crippen molar-refractivity contribution in [2.24, 2.45) is 0 Å². The van der Waals surface area contributed by atoms with Gasteiger partial charge in [0.1, 0.15) is 5.75 Å². The van der Waals surface area contributed by atoms with Crippen LogP contribution in [0.5, 0.6) is 5.75 Å². The van der Waals surface area contributed by atoms with E-state index in [0.29, 0.717) is 18.0 Å². The molecule has 1 aromatic heterocycles. The van der Waals surface area contributed by atoms with Crippen LogP contribution in [-0.4, -0.2) is 29.1 Å². The fourth-order valence-corrected chi connectivity index (χ4v) is 3.83. The third-order valence-corrected chi connectivity index (χ3v) is 5.07. The number of halogens is 1. The van der Waals surface area contributed by atoms with Crippen LogP contribution in [0.2, 0.25) is 0 Å². The van der Waals surface area contributed by atoms with Crippen LogP contribution in [0.3, 0.4) is 0 Å². The molecule has 0 atom stereocenters. The highest BCUT2D eigenvalue weighted by Gasteiger charge is 2.27. The number of ether oxygens (including phenoxy) is 1. The van der Waals surface area contributed by atoms with Crippen LogP contribution >= 0.6 is 23.7 Å². The maximum absolute atomic E-state index is 11.9. The molecule has 0 unspecified atom stereocenters. The van der Waals surface area contributed by atoms with E-state index >= 15 is 0 Å². The molecule has 1 aliphatic rings. The highest BCUT2D eigenvalue weighted by molar-refractivity contribution is 7.14. The molecule has 0 aliphatic carbocycles. The monoisotopic (exact) mass is 353 g/mol. The predicted octanol–water partition coefficient (Wildman–Crippen LogP) is 3.61. The second-order valence-electron chi connectivity index (χ2n) is 5.35. The number of hydrogen-bond donors (Lipinski definition) is 1. The van der Waals surface area contributed by atoms with Gasteiger partial charge in [-0.2, -0.15) is 0 Å². The zero-order valence-electron chi connectivity index (χ0n) is 12.9. The largest absolute Gasteiger partial charge is 0.506 e. The quantitative estimate of drug-likeness (QED) is 0.853. The van der Waals surface area contributed by atoms with E-state index in [2.05, 4.69) is 17.0 Å². The molecule has 0 spiro atoms. The molecule has 1 aliphatic heterocycles. The minimum Gasteiger partial charge on any atom is -0.506 e. The molecule has 0 fully saturated rings. The van der Waals surface area contributed by atoms with E-state index in [-0.39, 0.29) is 18.2 Å². The van der Waals surface area contributed by atoms with Crippen molar-refractivity contribution in [3.63, 3.8) is 0 Å². The Morgan fingerprint density at radius 2 is 2.09 bits per heavy atom. The number of thiophene rings is 1. The maximum atomic E-state index is 11.9. The van der Waals surface area contributed by atoms with Crippen LogP contribution in [-0.2, 0) is 24.2 Å². The third kappa shape index (κ3) is 3.86. The smallest absolute Gasteiger partial charge is 0.352 e. The van der Waals surface area contributed by atoms with Gasteiger partial charge in [0.15, 0.2) is 4.88 Å². The number of carbonyl (C=O) groups is 1. The maximum Gasteiger partial charge on any atom is 0.352 e. The van der Waals surface area contributed by atoms with Crippen molar-refractivity contribution in [1.82, 2.24) is 4.90 Å². The molecular weight excluding hydrogens is 334 g/mol. The van der Waals surface area contributed by atoms with Crippen molar-refractivity contribution in [2.75, 3.05) is 13.2 Å². The summed E-state index contributed by atoms with van der Waals surface area (Å²) in [7, 11) is 0. The van der Waals surface area contributed by atoms with Crippen LogP contribution in [0.25, 0.3) is 0 Å². The summed E-state index contributed by atoms with van der Waals surface area (Å²) in [4.78, 5) is 15.6. The molecule has 4 nitrogen and oxygen atoms in total. The molecule has 1 aromatic carbocycles. The first-order chi connectivity index (χ1) is 10.7. The molecule has 0 saturated heterocycles. The lowest BCUT2D eigenvalue weighted by Crippen LogP contribution is -2.29. The molecule has 1 N–H and O–H groups in total. The molecule has 124 valence electrons. The summed E-state index contributed by atoms with van der Waals surface area (Å²) in [5.41, 5.74) is 2.14. The fourth-order valence-electron chi connectivity index (χ4n) is 2.74. The van der Waals surface area contributed by atoms with Crippen LogP contribution in [0, 0.1) is 0 Å². The van der Waals surface area contributed by atoms with Crippen molar-refractivity contribution in [2.45, 2.75) is 26.4 Å². The zero-order chi connectivity index (χ0) is 15.5. The van der Waals surface area contributed by atoms with Crippen LogP contribution < -0.4 is 0 Å². The number of fused-ring (bicyclic) bond motifs is 1. The Morgan fingerprint density at radius 3 is 2.78 bits per heavy atom. The molecule has 2 heterocycles. The van der Waals surface area contributed by atoms with Crippen molar-refractivity contribution >= 4 is 29.7 Å². The molecule has 0 radical (unpaired) electrons. The molecular formula is C17H20ClNO3S. The first-order valence-corrected chi connectivity index (χ1v) is 8.27. The minimum atomic E-state index is -0.422.